The van der Waals surface area contributed by atoms with Gasteiger partial charge < -0.3 is 9.80 Å². The van der Waals surface area contributed by atoms with Crippen LogP contribution in [0.3, 0.4) is 0 Å². The molecule has 2 aliphatic heterocycles. The Bertz CT molecular complexity index is 899. The fourth-order valence-corrected chi connectivity index (χ4v) is 4.85. The molecule has 0 aliphatic carbocycles. The average molecular weight is 440 g/mol. The minimum atomic E-state index is -3.76. The molecule has 11 heteroatoms. The van der Waals surface area contributed by atoms with Gasteiger partial charge in [-0.05, 0) is 45.4 Å². The molecule has 2 heterocycles. The van der Waals surface area contributed by atoms with Crippen molar-refractivity contribution < 1.29 is 18.1 Å². The molecule has 0 radical (unpaired) electrons. The number of nitro benzene ring substituents is 1. The zero-order valence-electron chi connectivity index (χ0n) is 17.4. The minimum Gasteiger partial charge on any atom is -0.363 e. The molecular weight excluding hydrogens is 410 g/mol. The number of hydrogen-bond acceptors (Lipinski definition) is 7. The Morgan fingerprint density at radius 3 is 2.50 bits per heavy atom. The molecule has 2 saturated heterocycles. The number of amides is 1. The SMILES string of the molecule is CNS(=O)(=O)c1ccc(N2CCN(CC(=O)N3CCCC[C@@H]3C)CC2)c([N+](=O)[O-])c1. The number of benzene rings is 1. The molecule has 0 saturated carbocycles. The lowest BCUT2D eigenvalue weighted by molar-refractivity contribution is -0.384. The Morgan fingerprint density at radius 2 is 1.90 bits per heavy atom. The summed E-state index contributed by atoms with van der Waals surface area (Å²) in [4.78, 5) is 29.4. The number of carbonyl (C=O) groups is 1. The van der Waals surface area contributed by atoms with Crippen LogP contribution in [0.25, 0.3) is 0 Å². The second-order valence-electron chi connectivity index (χ2n) is 7.81. The van der Waals surface area contributed by atoms with E-state index in [0.29, 0.717) is 38.4 Å². The van der Waals surface area contributed by atoms with Crippen molar-refractivity contribution in [3.05, 3.63) is 28.3 Å². The molecule has 1 aromatic carbocycles. The number of nitro groups is 1. The van der Waals surface area contributed by atoms with Crippen molar-refractivity contribution in [2.24, 2.45) is 0 Å². The van der Waals surface area contributed by atoms with Gasteiger partial charge in [-0.25, -0.2) is 13.1 Å². The van der Waals surface area contributed by atoms with Gasteiger partial charge >= 0.3 is 0 Å². The lowest BCUT2D eigenvalue weighted by Crippen LogP contribution is -2.52. The first-order valence-electron chi connectivity index (χ1n) is 10.2. The van der Waals surface area contributed by atoms with E-state index in [0.717, 1.165) is 31.9 Å². The van der Waals surface area contributed by atoms with Crippen molar-refractivity contribution in [3.63, 3.8) is 0 Å². The highest BCUT2D eigenvalue weighted by Crippen LogP contribution is 2.31. The maximum Gasteiger partial charge on any atom is 0.293 e. The predicted octanol–water partition coefficient (Wildman–Crippen LogP) is 1.03. The molecule has 1 aromatic rings. The summed E-state index contributed by atoms with van der Waals surface area (Å²) in [5, 5.41) is 11.6. The molecule has 2 fully saturated rings. The van der Waals surface area contributed by atoms with Gasteiger partial charge in [-0.15, -0.1) is 0 Å². The van der Waals surface area contributed by atoms with Crippen LogP contribution in [0.4, 0.5) is 11.4 Å². The van der Waals surface area contributed by atoms with Crippen LogP contribution in [-0.2, 0) is 14.8 Å². The van der Waals surface area contributed by atoms with Crippen LogP contribution in [0, 0.1) is 10.1 Å². The lowest BCUT2D eigenvalue weighted by Gasteiger charge is -2.38. The molecule has 1 atom stereocenters. The molecule has 3 rings (SSSR count). The topological polar surface area (TPSA) is 116 Å². The molecule has 0 bridgehead atoms. The Morgan fingerprint density at radius 1 is 1.20 bits per heavy atom. The molecule has 1 N–H and O–H groups in total. The first-order chi connectivity index (χ1) is 14.2. The van der Waals surface area contributed by atoms with Crippen molar-refractivity contribution in [1.82, 2.24) is 14.5 Å². The van der Waals surface area contributed by atoms with E-state index >= 15 is 0 Å². The quantitative estimate of drug-likeness (QED) is 0.520. The number of likely N-dealkylation sites (tertiary alicyclic amines) is 1. The van der Waals surface area contributed by atoms with E-state index in [4.69, 9.17) is 0 Å². The Labute approximate surface area is 177 Å². The Balaban J connectivity index is 1.66. The molecule has 0 aromatic heterocycles. The van der Waals surface area contributed by atoms with Crippen LogP contribution in [0.5, 0.6) is 0 Å². The first kappa shape index (κ1) is 22.4. The highest BCUT2D eigenvalue weighted by atomic mass is 32.2. The molecule has 1 amide bonds. The molecule has 10 nitrogen and oxygen atoms in total. The van der Waals surface area contributed by atoms with Gasteiger partial charge in [-0.3, -0.25) is 19.8 Å². The van der Waals surface area contributed by atoms with Gasteiger partial charge in [0.1, 0.15) is 5.69 Å². The smallest absolute Gasteiger partial charge is 0.293 e. The van der Waals surface area contributed by atoms with Gasteiger partial charge in [-0.1, -0.05) is 0 Å². The van der Waals surface area contributed by atoms with Gasteiger partial charge in [0.05, 0.1) is 16.4 Å². The molecule has 0 spiro atoms. The molecule has 2 aliphatic rings. The molecule has 0 unspecified atom stereocenters. The minimum absolute atomic E-state index is 0.139. The van der Waals surface area contributed by atoms with E-state index in [-0.39, 0.29) is 22.5 Å². The van der Waals surface area contributed by atoms with E-state index in [1.165, 1.54) is 19.2 Å². The highest BCUT2D eigenvalue weighted by Gasteiger charge is 2.29. The molecule has 166 valence electrons. The molecule has 30 heavy (non-hydrogen) atoms. The summed E-state index contributed by atoms with van der Waals surface area (Å²) >= 11 is 0. The second kappa shape index (κ2) is 9.27. The largest absolute Gasteiger partial charge is 0.363 e. The van der Waals surface area contributed by atoms with Crippen molar-refractivity contribution in [2.75, 3.05) is 51.2 Å². The van der Waals surface area contributed by atoms with Crippen LogP contribution in [-0.4, -0.2) is 81.4 Å². The van der Waals surface area contributed by atoms with Crippen LogP contribution < -0.4 is 9.62 Å². The van der Waals surface area contributed by atoms with Gasteiger partial charge in [0, 0.05) is 44.8 Å². The average Bonchev–Trinajstić information content (AvgIpc) is 2.74. The zero-order valence-corrected chi connectivity index (χ0v) is 18.2. The summed E-state index contributed by atoms with van der Waals surface area (Å²) in [6, 6.07) is 4.23. The van der Waals surface area contributed by atoms with Gasteiger partial charge in [0.15, 0.2) is 0 Å². The van der Waals surface area contributed by atoms with E-state index in [9.17, 15) is 23.3 Å². The van der Waals surface area contributed by atoms with E-state index < -0.39 is 14.9 Å². The third-order valence-electron chi connectivity index (χ3n) is 5.92. The van der Waals surface area contributed by atoms with Crippen molar-refractivity contribution in [1.29, 1.82) is 0 Å². The summed E-state index contributed by atoms with van der Waals surface area (Å²) < 4.78 is 26.1. The third-order valence-corrected chi connectivity index (χ3v) is 7.33. The number of nitrogens with one attached hydrogen (secondary N) is 1. The highest BCUT2D eigenvalue weighted by molar-refractivity contribution is 7.89. The number of carbonyl (C=O) groups excluding carboxylic acids is 1. The lowest BCUT2D eigenvalue weighted by atomic mass is 10.0. The van der Waals surface area contributed by atoms with Crippen molar-refractivity contribution >= 4 is 27.3 Å². The number of rotatable bonds is 6. The number of piperazine rings is 1. The number of sulfonamides is 1. The first-order valence-corrected chi connectivity index (χ1v) is 11.7. The fraction of sp³-hybridized carbons (Fsp3) is 0.632. The van der Waals surface area contributed by atoms with Crippen molar-refractivity contribution in [3.8, 4) is 0 Å². The summed E-state index contributed by atoms with van der Waals surface area (Å²) in [5.74, 6) is 0.142. The summed E-state index contributed by atoms with van der Waals surface area (Å²) in [5.41, 5.74) is 0.156. The number of hydrogen-bond donors (Lipinski definition) is 1. The Hall–Kier alpha value is -2.24. The van der Waals surface area contributed by atoms with Crippen LogP contribution in [0.1, 0.15) is 26.2 Å². The summed E-state index contributed by atoms with van der Waals surface area (Å²) in [7, 11) is -2.50. The fourth-order valence-electron chi connectivity index (χ4n) is 4.10. The zero-order chi connectivity index (χ0) is 21.9. The van der Waals surface area contributed by atoms with Crippen LogP contribution >= 0.6 is 0 Å². The third kappa shape index (κ3) is 4.90. The van der Waals surface area contributed by atoms with Crippen molar-refractivity contribution in [2.45, 2.75) is 37.1 Å². The second-order valence-corrected chi connectivity index (χ2v) is 9.70. The maximum atomic E-state index is 12.7. The number of piperidine rings is 1. The summed E-state index contributed by atoms with van der Waals surface area (Å²) in [6.07, 6.45) is 3.26. The van der Waals surface area contributed by atoms with E-state index in [1.807, 2.05) is 9.80 Å². The molecular formula is C19H29N5O5S. The number of anilines is 1. The van der Waals surface area contributed by atoms with E-state index in [2.05, 4.69) is 16.5 Å². The van der Waals surface area contributed by atoms with Gasteiger partial charge in [-0.2, -0.15) is 0 Å². The standard InChI is InChI=1S/C19H29N5O5S/c1-15-5-3-4-8-23(15)19(25)14-21-9-11-22(12-10-21)17-7-6-16(30(28,29)20-2)13-18(17)24(26)27/h6-7,13,15,20H,3-5,8-12,14H2,1-2H3/t15-/m0/s1. The normalized spacial score (nSPS) is 20.9. The summed E-state index contributed by atoms with van der Waals surface area (Å²) in [6.45, 7) is 5.55. The Kier molecular flexibility index (Phi) is 6.94. The van der Waals surface area contributed by atoms with E-state index in [1.54, 1.807) is 0 Å². The monoisotopic (exact) mass is 439 g/mol. The van der Waals surface area contributed by atoms with Crippen LogP contribution in [0.2, 0.25) is 0 Å². The van der Waals surface area contributed by atoms with Gasteiger partial charge in [0.25, 0.3) is 5.69 Å². The maximum absolute atomic E-state index is 12.7. The van der Waals surface area contributed by atoms with Crippen LogP contribution in [0.15, 0.2) is 23.1 Å². The predicted molar refractivity (Wildman–Crippen MR) is 113 cm³/mol. The number of nitrogens with zero attached hydrogens (tertiary/aromatic N) is 4. The van der Waals surface area contributed by atoms with Gasteiger partial charge in [0.2, 0.25) is 15.9 Å².